The lowest BCUT2D eigenvalue weighted by Crippen LogP contribution is -2.69. The Balaban J connectivity index is 1.88. The summed E-state index contributed by atoms with van der Waals surface area (Å²) in [5.74, 6) is 4.77. The largest absolute Gasteiger partial charge is 0.330 e. The SMILES string of the molecule is CCNCCCCNCC1CCCC1(NCCCCNCC)C1CC(CNCCCN)C1C(NCCCN)C1CC(CNCCCNCC)C1CNCCCNCC. The van der Waals surface area contributed by atoms with E-state index in [1.165, 1.54) is 70.6 Å². The molecule has 0 aromatic heterocycles. The van der Waals surface area contributed by atoms with Crippen LogP contribution in [0.3, 0.4) is 0 Å². The summed E-state index contributed by atoms with van der Waals surface area (Å²) in [6, 6.07) is 0.512. The number of hydrogen-bond acceptors (Lipinski definition) is 12. The molecule has 0 bridgehead atoms. The zero-order valence-corrected chi connectivity index (χ0v) is 38.6. The fourth-order valence-electron chi connectivity index (χ4n) is 11.0. The van der Waals surface area contributed by atoms with Crippen LogP contribution in [0.2, 0.25) is 0 Å². The second-order valence-electron chi connectivity index (χ2n) is 18.2. The molecule has 9 unspecified atom stereocenters. The summed E-state index contributed by atoms with van der Waals surface area (Å²) >= 11 is 0. The highest BCUT2D eigenvalue weighted by Crippen LogP contribution is 2.58. The topological polar surface area (TPSA) is 172 Å². The quantitative estimate of drug-likeness (QED) is 0.0408. The van der Waals surface area contributed by atoms with Crippen molar-refractivity contribution in [2.45, 2.75) is 123 Å². The van der Waals surface area contributed by atoms with Gasteiger partial charge in [0.1, 0.15) is 0 Å². The third-order valence-electron chi connectivity index (χ3n) is 14.2. The van der Waals surface area contributed by atoms with Gasteiger partial charge >= 0.3 is 0 Å². The minimum atomic E-state index is 0.193. The summed E-state index contributed by atoms with van der Waals surface area (Å²) in [7, 11) is 0. The minimum Gasteiger partial charge on any atom is -0.330 e. The first kappa shape index (κ1) is 51.9. The van der Waals surface area contributed by atoms with Gasteiger partial charge in [-0.1, -0.05) is 34.1 Å². The number of hydrogen-bond donors (Lipinski definition) is 12. The number of rotatable bonds is 41. The molecule has 0 heterocycles. The van der Waals surface area contributed by atoms with E-state index in [4.69, 9.17) is 11.5 Å². The van der Waals surface area contributed by atoms with E-state index in [1.807, 2.05) is 0 Å². The zero-order valence-electron chi connectivity index (χ0n) is 38.6. The fraction of sp³-hybridized carbons (Fsp3) is 1.00. The van der Waals surface area contributed by atoms with E-state index in [9.17, 15) is 0 Å². The van der Waals surface area contributed by atoms with Crippen LogP contribution in [-0.4, -0.2) is 142 Å². The predicted octanol–water partition coefficient (Wildman–Crippen LogP) is 2.41. The van der Waals surface area contributed by atoms with E-state index in [1.54, 1.807) is 0 Å². The van der Waals surface area contributed by atoms with Crippen molar-refractivity contribution < 1.29 is 0 Å². The average molecular weight is 821 g/mol. The molecule has 14 N–H and O–H groups in total. The first-order chi connectivity index (χ1) is 28.6. The van der Waals surface area contributed by atoms with Crippen molar-refractivity contribution in [3.05, 3.63) is 0 Å². The van der Waals surface area contributed by atoms with Crippen molar-refractivity contribution >= 4 is 0 Å². The van der Waals surface area contributed by atoms with Gasteiger partial charge in [0.15, 0.2) is 0 Å². The highest BCUT2D eigenvalue weighted by atomic mass is 15.1. The lowest BCUT2D eigenvalue weighted by Gasteiger charge is -2.62. The van der Waals surface area contributed by atoms with Crippen LogP contribution in [0.1, 0.15) is 111 Å². The van der Waals surface area contributed by atoms with Crippen molar-refractivity contribution in [1.29, 1.82) is 0 Å². The van der Waals surface area contributed by atoms with Crippen LogP contribution in [0.5, 0.6) is 0 Å². The molecule has 0 spiro atoms. The molecule has 58 heavy (non-hydrogen) atoms. The van der Waals surface area contributed by atoms with Gasteiger partial charge in [0.05, 0.1) is 0 Å². The van der Waals surface area contributed by atoms with E-state index in [-0.39, 0.29) is 5.54 Å². The summed E-state index contributed by atoms with van der Waals surface area (Å²) in [6.07, 6.45) is 16.1. The van der Waals surface area contributed by atoms with Gasteiger partial charge in [-0.3, -0.25) is 0 Å². The van der Waals surface area contributed by atoms with Crippen molar-refractivity contribution in [2.24, 2.45) is 52.9 Å². The van der Waals surface area contributed by atoms with Gasteiger partial charge in [-0.05, 0) is 249 Å². The molecule has 0 aliphatic heterocycles. The normalized spacial score (nSPS) is 27.5. The molecular formula is C46H100N12. The third kappa shape index (κ3) is 18.1. The van der Waals surface area contributed by atoms with E-state index in [2.05, 4.69) is 80.9 Å². The molecule has 0 saturated heterocycles. The molecule has 344 valence electrons. The summed E-state index contributed by atoms with van der Waals surface area (Å²) in [5, 5.41) is 38.7. The molecule has 3 fully saturated rings. The monoisotopic (exact) mass is 821 g/mol. The van der Waals surface area contributed by atoms with Crippen LogP contribution in [0, 0.1) is 41.4 Å². The van der Waals surface area contributed by atoms with Crippen LogP contribution in [0.15, 0.2) is 0 Å². The van der Waals surface area contributed by atoms with Gasteiger partial charge < -0.3 is 64.6 Å². The Bertz CT molecular complexity index is 946. The number of nitrogens with one attached hydrogen (secondary N) is 10. The molecule has 0 amide bonds. The molecule has 9 atom stereocenters. The maximum Gasteiger partial charge on any atom is 0.0253 e. The molecule has 3 aliphatic carbocycles. The van der Waals surface area contributed by atoms with Crippen molar-refractivity contribution in [3.63, 3.8) is 0 Å². The molecule has 12 heteroatoms. The molecule has 0 aromatic carbocycles. The van der Waals surface area contributed by atoms with Crippen molar-refractivity contribution in [1.82, 2.24) is 53.2 Å². The Kier molecular flexibility index (Phi) is 29.6. The molecule has 12 nitrogen and oxygen atoms in total. The Morgan fingerprint density at radius 1 is 0.517 bits per heavy atom. The van der Waals surface area contributed by atoms with Crippen LogP contribution in [-0.2, 0) is 0 Å². The Morgan fingerprint density at radius 2 is 1.02 bits per heavy atom. The molecular weight excluding hydrogens is 721 g/mol. The Labute approximate surface area is 358 Å². The van der Waals surface area contributed by atoms with Gasteiger partial charge in [0, 0.05) is 11.6 Å². The van der Waals surface area contributed by atoms with E-state index in [0.29, 0.717) is 41.5 Å². The smallest absolute Gasteiger partial charge is 0.0253 e. The summed E-state index contributed by atoms with van der Waals surface area (Å²) in [6.45, 7) is 30.0. The molecule has 3 rings (SSSR count). The van der Waals surface area contributed by atoms with Crippen LogP contribution >= 0.6 is 0 Å². The Hall–Kier alpha value is -0.480. The minimum absolute atomic E-state index is 0.193. The second-order valence-corrected chi connectivity index (χ2v) is 18.2. The first-order valence-electron chi connectivity index (χ1n) is 25.2. The van der Waals surface area contributed by atoms with Gasteiger partial charge in [-0.15, -0.1) is 0 Å². The molecule has 0 radical (unpaired) electrons. The highest BCUT2D eigenvalue weighted by Gasteiger charge is 2.60. The maximum atomic E-state index is 6.19. The molecule has 3 saturated carbocycles. The third-order valence-corrected chi connectivity index (χ3v) is 14.2. The van der Waals surface area contributed by atoms with E-state index < -0.39 is 0 Å². The lowest BCUT2D eigenvalue weighted by molar-refractivity contribution is -0.0883. The first-order valence-corrected chi connectivity index (χ1v) is 25.2. The summed E-state index contributed by atoms with van der Waals surface area (Å²) in [4.78, 5) is 0. The molecule has 0 aromatic rings. The van der Waals surface area contributed by atoms with Crippen LogP contribution in [0.25, 0.3) is 0 Å². The second kappa shape index (κ2) is 33.1. The number of unbranched alkanes of at least 4 members (excludes halogenated alkanes) is 2. The Morgan fingerprint density at radius 3 is 1.64 bits per heavy atom. The standard InChI is InChI=1S/C46H100N12/c1-5-49-22-9-10-24-55-36-40-18-13-19-46(40,58-31-12-11-23-50-6-2)43-33-39(35-53-25-14-20-47)44(43)45(57-30-15-21-48)41-32-38(34-54-28-16-26-51-7-3)42(41)37-56-29-17-27-52-8-4/h38-45,49-58H,5-37,47-48H2,1-4H3. The highest BCUT2D eigenvalue weighted by molar-refractivity contribution is 5.15. The van der Waals surface area contributed by atoms with E-state index in [0.717, 1.165) is 150 Å². The van der Waals surface area contributed by atoms with E-state index >= 15 is 0 Å². The maximum absolute atomic E-state index is 6.19. The summed E-state index contributed by atoms with van der Waals surface area (Å²) < 4.78 is 0. The molecule has 3 aliphatic rings. The van der Waals surface area contributed by atoms with Crippen LogP contribution in [0.4, 0.5) is 0 Å². The van der Waals surface area contributed by atoms with Gasteiger partial charge in [-0.25, -0.2) is 0 Å². The fourth-order valence-corrected chi connectivity index (χ4v) is 11.0. The lowest BCUT2D eigenvalue weighted by atomic mass is 9.48. The van der Waals surface area contributed by atoms with Crippen molar-refractivity contribution in [3.8, 4) is 0 Å². The van der Waals surface area contributed by atoms with Gasteiger partial charge in [0.2, 0.25) is 0 Å². The van der Waals surface area contributed by atoms with Crippen molar-refractivity contribution in [2.75, 3.05) is 131 Å². The zero-order chi connectivity index (χ0) is 41.5. The summed E-state index contributed by atoms with van der Waals surface area (Å²) in [5.41, 5.74) is 12.4. The predicted molar refractivity (Wildman–Crippen MR) is 251 cm³/mol. The average Bonchev–Trinajstić information content (AvgIpc) is 3.62. The van der Waals surface area contributed by atoms with Gasteiger partial charge in [0.25, 0.3) is 0 Å². The van der Waals surface area contributed by atoms with Crippen LogP contribution < -0.4 is 64.6 Å². The van der Waals surface area contributed by atoms with Gasteiger partial charge in [-0.2, -0.15) is 0 Å². The number of nitrogens with two attached hydrogens (primary N) is 2.